The van der Waals surface area contributed by atoms with E-state index in [1.54, 1.807) is 0 Å². The standard InChI is InChI=1S/C12H20O2/c1-5-8(2)12(13)14-11-6-9(3)10(4)7-11/h9-11H,2,5-7H2,1,3-4H3. The lowest BCUT2D eigenvalue weighted by Gasteiger charge is -2.12. The average molecular weight is 196 g/mol. The minimum atomic E-state index is -0.209. The Bertz CT molecular complexity index is 222. The molecular weight excluding hydrogens is 176 g/mol. The monoisotopic (exact) mass is 196 g/mol. The number of hydrogen-bond donors (Lipinski definition) is 0. The minimum Gasteiger partial charge on any atom is -0.459 e. The third-order valence-corrected chi connectivity index (χ3v) is 3.23. The number of rotatable bonds is 3. The van der Waals surface area contributed by atoms with Crippen LogP contribution in [0.15, 0.2) is 12.2 Å². The Morgan fingerprint density at radius 2 is 1.86 bits per heavy atom. The van der Waals surface area contributed by atoms with Gasteiger partial charge in [-0.15, -0.1) is 0 Å². The van der Waals surface area contributed by atoms with Crippen LogP contribution in [0.25, 0.3) is 0 Å². The molecule has 80 valence electrons. The highest BCUT2D eigenvalue weighted by atomic mass is 16.5. The Labute approximate surface area is 86.3 Å². The predicted molar refractivity (Wildman–Crippen MR) is 56.9 cm³/mol. The number of carbonyl (C=O) groups excluding carboxylic acids is 1. The molecule has 0 aromatic heterocycles. The Hall–Kier alpha value is -0.790. The molecule has 1 aliphatic carbocycles. The molecule has 1 saturated carbocycles. The van der Waals surface area contributed by atoms with Gasteiger partial charge in [0.25, 0.3) is 0 Å². The Morgan fingerprint density at radius 1 is 1.36 bits per heavy atom. The van der Waals surface area contributed by atoms with E-state index < -0.39 is 0 Å². The third kappa shape index (κ3) is 2.60. The lowest BCUT2D eigenvalue weighted by atomic mass is 10.0. The van der Waals surface area contributed by atoms with Crippen molar-refractivity contribution in [3.05, 3.63) is 12.2 Å². The SMILES string of the molecule is C=C(CC)C(=O)OC1CC(C)C(C)C1. The molecule has 1 rings (SSSR count). The molecule has 0 aromatic carbocycles. The van der Waals surface area contributed by atoms with Gasteiger partial charge in [-0.05, 0) is 31.1 Å². The van der Waals surface area contributed by atoms with Crippen molar-refractivity contribution >= 4 is 5.97 Å². The molecule has 2 unspecified atom stereocenters. The summed E-state index contributed by atoms with van der Waals surface area (Å²) in [5.41, 5.74) is 0.581. The summed E-state index contributed by atoms with van der Waals surface area (Å²) >= 11 is 0. The summed E-state index contributed by atoms with van der Waals surface area (Å²) in [6.07, 6.45) is 2.81. The van der Waals surface area contributed by atoms with Gasteiger partial charge in [0, 0.05) is 5.57 Å². The molecule has 2 nitrogen and oxygen atoms in total. The van der Waals surface area contributed by atoms with Crippen molar-refractivity contribution in [2.75, 3.05) is 0 Å². The first-order valence-electron chi connectivity index (χ1n) is 5.43. The highest BCUT2D eigenvalue weighted by molar-refractivity contribution is 5.87. The van der Waals surface area contributed by atoms with Crippen molar-refractivity contribution in [1.29, 1.82) is 0 Å². The third-order valence-electron chi connectivity index (χ3n) is 3.23. The van der Waals surface area contributed by atoms with Crippen LogP contribution in [0.2, 0.25) is 0 Å². The zero-order valence-corrected chi connectivity index (χ0v) is 9.38. The largest absolute Gasteiger partial charge is 0.459 e. The molecule has 14 heavy (non-hydrogen) atoms. The summed E-state index contributed by atoms with van der Waals surface area (Å²) in [6, 6.07) is 0. The molecule has 0 aromatic rings. The first kappa shape index (κ1) is 11.3. The number of carbonyl (C=O) groups is 1. The molecule has 0 N–H and O–H groups in total. The molecule has 0 bridgehead atoms. The van der Waals surface area contributed by atoms with Crippen molar-refractivity contribution in [2.45, 2.75) is 46.1 Å². The van der Waals surface area contributed by atoms with Crippen LogP contribution in [0, 0.1) is 11.8 Å². The molecule has 0 aliphatic heterocycles. The molecule has 1 fully saturated rings. The quantitative estimate of drug-likeness (QED) is 0.512. The molecule has 2 atom stereocenters. The van der Waals surface area contributed by atoms with Crippen LogP contribution in [0.1, 0.15) is 40.0 Å². The maximum absolute atomic E-state index is 11.4. The first-order valence-corrected chi connectivity index (χ1v) is 5.43. The van der Waals surface area contributed by atoms with Gasteiger partial charge in [0.1, 0.15) is 6.10 Å². The summed E-state index contributed by atoms with van der Waals surface area (Å²) in [5.74, 6) is 1.13. The smallest absolute Gasteiger partial charge is 0.333 e. The van der Waals surface area contributed by atoms with E-state index in [1.807, 2.05) is 6.92 Å². The zero-order valence-electron chi connectivity index (χ0n) is 9.38. The second kappa shape index (κ2) is 4.63. The fourth-order valence-corrected chi connectivity index (χ4v) is 1.87. The highest BCUT2D eigenvalue weighted by Gasteiger charge is 2.30. The maximum Gasteiger partial charge on any atom is 0.333 e. The molecule has 0 radical (unpaired) electrons. The topological polar surface area (TPSA) is 26.3 Å². The van der Waals surface area contributed by atoms with Crippen LogP contribution in [-0.2, 0) is 9.53 Å². The van der Waals surface area contributed by atoms with Crippen molar-refractivity contribution < 1.29 is 9.53 Å². The second-order valence-corrected chi connectivity index (χ2v) is 4.41. The van der Waals surface area contributed by atoms with E-state index in [0.29, 0.717) is 23.8 Å². The van der Waals surface area contributed by atoms with E-state index in [-0.39, 0.29) is 12.1 Å². The summed E-state index contributed by atoms with van der Waals surface area (Å²) in [7, 11) is 0. The van der Waals surface area contributed by atoms with Gasteiger partial charge in [-0.3, -0.25) is 0 Å². The molecule has 1 aliphatic rings. The van der Waals surface area contributed by atoms with Gasteiger partial charge >= 0.3 is 5.97 Å². The van der Waals surface area contributed by atoms with E-state index in [9.17, 15) is 4.79 Å². The molecule has 0 heterocycles. The summed E-state index contributed by atoms with van der Waals surface area (Å²) in [5, 5.41) is 0. The highest BCUT2D eigenvalue weighted by Crippen LogP contribution is 2.33. The van der Waals surface area contributed by atoms with Crippen LogP contribution >= 0.6 is 0 Å². The van der Waals surface area contributed by atoms with Crippen molar-refractivity contribution in [1.82, 2.24) is 0 Å². The molecule has 0 amide bonds. The van der Waals surface area contributed by atoms with Crippen LogP contribution in [0.5, 0.6) is 0 Å². The van der Waals surface area contributed by atoms with Gasteiger partial charge in [-0.1, -0.05) is 27.4 Å². The summed E-state index contributed by atoms with van der Waals surface area (Å²) < 4.78 is 5.37. The maximum atomic E-state index is 11.4. The fourth-order valence-electron chi connectivity index (χ4n) is 1.87. The lowest BCUT2D eigenvalue weighted by molar-refractivity contribution is -0.144. The van der Waals surface area contributed by atoms with Crippen LogP contribution < -0.4 is 0 Å². The minimum absolute atomic E-state index is 0.121. The van der Waals surface area contributed by atoms with Crippen LogP contribution in [0.3, 0.4) is 0 Å². The molecule has 0 saturated heterocycles. The van der Waals surface area contributed by atoms with Gasteiger partial charge in [0.15, 0.2) is 0 Å². The Morgan fingerprint density at radius 3 is 2.29 bits per heavy atom. The number of hydrogen-bond acceptors (Lipinski definition) is 2. The summed E-state index contributed by atoms with van der Waals surface area (Å²) in [4.78, 5) is 11.4. The number of ether oxygens (including phenoxy) is 1. The molecular formula is C12H20O2. The van der Waals surface area contributed by atoms with Crippen LogP contribution in [-0.4, -0.2) is 12.1 Å². The lowest BCUT2D eigenvalue weighted by Crippen LogP contribution is -2.16. The van der Waals surface area contributed by atoms with Gasteiger partial charge in [-0.25, -0.2) is 4.79 Å². The Kier molecular flexibility index (Phi) is 3.73. The van der Waals surface area contributed by atoms with Gasteiger partial charge in [0.2, 0.25) is 0 Å². The predicted octanol–water partition coefficient (Wildman–Crippen LogP) is 2.93. The van der Waals surface area contributed by atoms with E-state index in [2.05, 4.69) is 20.4 Å². The summed E-state index contributed by atoms with van der Waals surface area (Å²) in [6.45, 7) is 10.0. The van der Waals surface area contributed by atoms with Crippen molar-refractivity contribution in [2.24, 2.45) is 11.8 Å². The van der Waals surface area contributed by atoms with Crippen LogP contribution in [0.4, 0.5) is 0 Å². The average Bonchev–Trinajstić information content (AvgIpc) is 2.44. The Balaban J connectivity index is 2.39. The van der Waals surface area contributed by atoms with Gasteiger partial charge in [0.05, 0.1) is 0 Å². The van der Waals surface area contributed by atoms with E-state index in [4.69, 9.17) is 4.74 Å². The second-order valence-electron chi connectivity index (χ2n) is 4.41. The van der Waals surface area contributed by atoms with Gasteiger partial charge in [-0.2, -0.15) is 0 Å². The zero-order chi connectivity index (χ0) is 10.7. The normalized spacial score (nSPS) is 31.5. The van der Waals surface area contributed by atoms with Gasteiger partial charge < -0.3 is 4.74 Å². The van der Waals surface area contributed by atoms with E-state index in [1.165, 1.54) is 0 Å². The molecule has 2 heteroatoms. The number of esters is 1. The molecule has 0 spiro atoms. The van der Waals surface area contributed by atoms with E-state index in [0.717, 1.165) is 12.8 Å². The fraction of sp³-hybridized carbons (Fsp3) is 0.750. The van der Waals surface area contributed by atoms with Crippen molar-refractivity contribution in [3.63, 3.8) is 0 Å². The first-order chi connectivity index (χ1) is 6.54. The van der Waals surface area contributed by atoms with Crippen molar-refractivity contribution in [3.8, 4) is 0 Å². The van der Waals surface area contributed by atoms with E-state index >= 15 is 0 Å².